The molecule has 0 radical (unpaired) electrons. The van der Waals surface area contributed by atoms with Gasteiger partial charge in [-0.15, -0.1) is 0 Å². The normalized spacial score (nSPS) is 10.6. The highest BCUT2D eigenvalue weighted by Gasteiger charge is 2.11. The largest absolute Gasteiger partial charge is 0.324 e. The van der Waals surface area contributed by atoms with Crippen LogP contribution in [0.25, 0.3) is 16.9 Å². The number of aromatic amines is 1. The van der Waals surface area contributed by atoms with Gasteiger partial charge >= 0.3 is 6.03 Å². The maximum atomic E-state index is 13.0. The number of hydrogen-bond acceptors (Lipinski definition) is 5. The summed E-state index contributed by atoms with van der Waals surface area (Å²) in [5, 5.41) is 26.9. The van der Waals surface area contributed by atoms with Crippen LogP contribution in [-0.4, -0.2) is 30.9 Å². The van der Waals surface area contributed by atoms with E-state index in [2.05, 4.69) is 25.9 Å². The molecule has 4 rings (SSSR count). The Labute approximate surface area is 168 Å². The summed E-state index contributed by atoms with van der Waals surface area (Å²) >= 11 is 0. The molecule has 0 atom stereocenters. The van der Waals surface area contributed by atoms with E-state index in [-0.39, 0.29) is 17.3 Å². The zero-order valence-electron chi connectivity index (χ0n) is 15.2. The number of urea groups is 1. The van der Waals surface area contributed by atoms with Crippen LogP contribution >= 0.6 is 0 Å². The number of nitrogens with zero attached hydrogens (tertiary/aromatic N) is 4. The molecule has 0 saturated heterocycles. The molecule has 150 valence electrons. The van der Waals surface area contributed by atoms with E-state index in [1.807, 2.05) is 0 Å². The molecule has 0 fully saturated rings. The Bertz CT molecular complexity index is 1220. The van der Waals surface area contributed by atoms with Crippen LogP contribution in [0.15, 0.2) is 67.0 Å². The Morgan fingerprint density at radius 2 is 1.93 bits per heavy atom. The first-order valence-electron chi connectivity index (χ1n) is 8.67. The van der Waals surface area contributed by atoms with Crippen LogP contribution in [-0.2, 0) is 0 Å². The number of nitro benzene ring substituents is 1. The predicted molar refractivity (Wildman–Crippen MR) is 107 cm³/mol. The molecule has 0 saturated carbocycles. The molecule has 0 aliphatic heterocycles. The van der Waals surface area contributed by atoms with E-state index >= 15 is 0 Å². The molecule has 4 aromatic rings. The third-order valence-corrected chi connectivity index (χ3v) is 4.12. The van der Waals surface area contributed by atoms with Crippen LogP contribution in [0, 0.1) is 15.9 Å². The molecule has 10 nitrogen and oxygen atoms in total. The number of benzene rings is 2. The summed E-state index contributed by atoms with van der Waals surface area (Å²) in [6, 6.07) is 12.8. The van der Waals surface area contributed by atoms with Crippen LogP contribution < -0.4 is 10.6 Å². The van der Waals surface area contributed by atoms with E-state index in [1.54, 1.807) is 36.5 Å². The van der Waals surface area contributed by atoms with Gasteiger partial charge in [0.15, 0.2) is 5.82 Å². The number of anilines is 2. The lowest BCUT2D eigenvalue weighted by atomic mass is 10.1. The van der Waals surface area contributed by atoms with Crippen molar-refractivity contribution in [2.24, 2.45) is 0 Å². The second-order valence-corrected chi connectivity index (χ2v) is 6.20. The summed E-state index contributed by atoms with van der Waals surface area (Å²) in [4.78, 5) is 22.6. The van der Waals surface area contributed by atoms with Crippen LogP contribution in [0.4, 0.5) is 26.4 Å². The lowest BCUT2D eigenvalue weighted by Gasteiger charge is -2.03. The molecular formula is C19H14FN7O3. The van der Waals surface area contributed by atoms with Crippen molar-refractivity contribution in [1.29, 1.82) is 0 Å². The van der Waals surface area contributed by atoms with Crippen LogP contribution in [0.5, 0.6) is 0 Å². The summed E-state index contributed by atoms with van der Waals surface area (Å²) in [5.41, 5.74) is 2.08. The fourth-order valence-electron chi connectivity index (χ4n) is 2.72. The van der Waals surface area contributed by atoms with E-state index in [0.717, 1.165) is 0 Å². The average Bonchev–Trinajstić information content (AvgIpc) is 3.38. The number of non-ortho nitro benzene ring substituents is 1. The fourth-order valence-corrected chi connectivity index (χ4v) is 2.72. The molecule has 0 spiro atoms. The van der Waals surface area contributed by atoms with Gasteiger partial charge in [-0.25, -0.2) is 13.9 Å². The summed E-state index contributed by atoms with van der Waals surface area (Å²) in [6.07, 6.45) is 3.02. The smallest absolute Gasteiger partial charge is 0.305 e. The number of hydrogen-bond donors (Lipinski definition) is 3. The number of rotatable bonds is 5. The molecule has 0 bridgehead atoms. The van der Waals surface area contributed by atoms with E-state index in [0.29, 0.717) is 22.6 Å². The first-order valence-corrected chi connectivity index (χ1v) is 8.67. The highest BCUT2D eigenvalue weighted by atomic mass is 19.1. The average molecular weight is 407 g/mol. The monoisotopic (exact) mass is 407 g/mol. The number of aromatic nitrogens is 4. The standard InChI is InChI=1S/C19H14FN7O3/c20-13-4-6-15(7-5-13)26-11-14(10-21-26)22-19(28)23-18-9-17(24-25-18)12-2-1-3-16(8-12)27(29)30/h1-11H,(H3,22,23,24,25,28). The molecule has 0 unspecified atom stereocenters. The quantitative estimate of drug-likeness (QED) is 0.340. The van der Waals surface area contributed by atoms with Gasteiger partial charge in [-0.05, 0) is 24.3 Å². The number of amides is 2. The molecule has 11 heteroatoms. The number of H-pyrrole nitrogens is 1. The summed E-state index contributed by atoms with van der Waals surface area (Å²) in [7, 11) is 0. The van der Waals surface area contributed by atoms with Crippen LogP contribution in [0.1, 0.15) is 0 Å². The van der Waals surface area contributed by atoms with Crippen molar-refractivity contribution in [1.82, 2.24) is 20.0 Å². The number of carbonyl (C=O) groups excluding carboxylic acids is 1. The highest BCUT2D eigenvalue weighted by molar-refractivity contribution is 5.99. The van der Waals surface area contributed by atoms with E-state index < -0.39 is 11.0 Å². The van der Waals surface area contributed by atoms with Crippen molar-refractivity contribution in [3.8, 4) is 16.9 Å². The van der Waals surface area contributed by atoms with Crippen molar-refractivity contribution < 1.29 is 14.1 Å². The molecule has 0 aliphatic rings. The van der Waals surface area contributed by atoms with Crippen molar-refractivity contribution in [3.05, 3.63) is 82.9 Å². The topological polar surface area (TPSA) is 131 Å². The van der Waals surface area contributed by atoms with Gasteiger partial charge in [-0.3, -0.25) is 20.5 Å². The lowest BCUT2D eigenvalue weighted by Crippen LogP contribution is -2.19. The van der Waals surface area contributed by atoms with Gasteiger partial charge in [0, 0.05) is 23.8 Å². The number of nitro groups is 1. The number of halogens is 1. The molecule has 3 N–H and O–H groups in total. The number of carbonyl (C=O) groups is 1. The molecule has 2 heterocycles. The zero-order chi connectivity index (χ0) is 21.1. The Kier molecular flexibility index (Phi) is 4.91. The SMILES string of the molecule is O=C(Nc1cnn(-c2ccc(F)cc2)c1)Nc1cc(-c2cccc([N+](=O)[O-])c2)[nH]n1. The molecule has 0 aliphatic carbocycles. The van der Waals surface area contributed by atoms with Gasteiger partial charge in [0.2, 0.25) is 0 Å². The van der Waals surface area contributed by atoms with E-state index in [4.69, 9.17) is 0 Å². The Hall–Kier alpha value is -4.54. The summed E-state index contributed by atoms with van der Waals surface area (Å²) in [5.74, 6) is -0.118. The Balaban J connectivity index is 1.41. The third kappa shape index (κ3) is 4.14. The van der Waals surface area contributed by atoms with Crippen molar-refractivity contribution >= 4 is 23.2 Å². The first kappa shape index (κ1) is 18.8. The summed E-state index contributed by atoms with van der Waals surface area (Å²) in [6.45, 7) is 0. The van der Waals surface area contributed by atoms with Gasteiger partial charge in [0.1, 0.15) is 5.82 Å². The predicted octanol–water partition coefficient (Wildman–Crippen LogP) is 3.95. The molecular weight excluding hydrogens is 393 g/mol. The minimum Gasteiger partial charge on any atom is -0.305 e. The molecule has 2 aromatic heterocycles. The maximum absolute atomic E-state index is 13.0. The second kappa shape index (κ2) is 7.83. The van der Waals surface area contributed by atoms with Crippen LogP contribution in [0.2, 0.25) is 0 Å². The first-order chi connectivity index (χ1) is 14.5. The van der Waals surface area contributed by atoms with Gasteiger partial charge in [-0.1, -0.05) is 12.1 Å². The Morgan fingerprint density at radius 3 is 2.70 bits per heavy atom. The minimum absolute atomic E-state index is 0.0486. The van der Waals surface area contributed by atoms with Gasteiger partial charge in [0.25, 0.3) is 5.69 Å². The van der Waals surface area contributed by atoms with Crippen LogP contribution in [0.3, 0.4) is 0 Å². The second-order valence-electron chi connectivity index (χ2n) is 6.20. The van der Waals surface area contributed by atoms with Crippen molar-refractivity contribution in [3.63, 3.8) is 0 Å². The number of nitrogens with one attached hydrogen (secondary N) is 3. The van der Waals surface area contributed by atoms with E-state index in [9.17, 15) is 19.3 Å². The third-order valence-electron chi connectivity index (χ3n) is 4.12. The van der Waals surface area contributed by atoms with Crippen molar-refractivity contribution in [2.45, 2.75) is 0 Å². The minimum atomic E-state index is -0.550. The fraction of sp³-hybridized carbons (Fsp3) is 0. The van der Waals surface area contributed by atoms with Crippen molar-refractivity contribution in [2.75, 3.05) is 10.6 Å². The lowest BCUT2D eigenvalue weighted by molar-refractivity contribution is -0.384. The van der Waals surface area contributed by atoms with E-state index in [1.165, 1.54) is 35.1 Å². The van der Waals surface area contributed by atoms with Gasteiger partial charge in [-0.2, -0.15) is 10.2 Å². The van der Waals surface area contributed by atoms with Gasteiger partial charge < -0.3 is 5.32 Å². The maximum Gasteiger partial charge on any atom is 0.324 e. The molecule has 30 heavy (non-hydrogen) atoms. The molecule has 2 amide bonds. The highest BCUT2D eigenvalue weighted by Crippen LogP contribution is 2.24. The summed E-state index contributed by atoms with van der Waals surface area (Å²) < 4.78 is 14.5. The Morgan fingerprint density at radius 1 is 1.13 bits per heavy atom. The molecule has 2 aromatic carbocycles. The van der Waals surface area contributed by atoms with Gasteiger partial charge in [0.05, 0.1) is 34.4 Å². The zero-order valence-corrected chi connectivity index (χ0v) is 15.2.